The minimum Gasteiger partial charge on any atom is -2.00 e. The Morgan fingerprint density at radius 1 is 0.600 bits per heavy atom. The Hall–Kier alpha value is 2.02. The van der Waals surface area contributed by atoms with Gasteiger partial charge in [0.05, 0.1) is 0 Å². The van der Waals surface area contributed by atoms with Gasteiger partial charge in [-0.3, -0.25) is 0 Å². The molecule has 0 aliphatic heterocycles. The Labute approximate surface area is 79.2 Å². The van der Waals surface area contributed by atoms with Crippen LogP contribution in [0.15, 0.2) is 0 Å². The Kier molecular flexibility index (Phi) is 462. The summed E-state index contributed by atoms with van der Waals surface area (Å²) in [6.45, 7) is 0. The Morgan fingerprint density at radius 3 is 0.600 bits per heavy atom. The van der Waals surface area contributed by atoms with Crippen LogP contribution >= 0.6 is 0 Å². The van der Waals surface area contributed by atoms with E-state index in [4.69, 9.17) is 0 Å². The molecule has 0 heterocycles. The zero-order valence-electron chi connectivity index (χ0n) is 2.12. The topological polar surface area (TPSA) is 85.5 Å². The Bertz CT molecular complexity index is 6.85. The average molecular weight is 325 g/mol. The summed E-state index contributed by atoms with van der Waals surface area (Å²) in [6, 6.07) is 0. The zero-order valence-corrected chi connectivity index (χ0v) is 7.44. The first kappa shape index (κ1) is 62.3. The molecule has 0 aliphatic rings. The maximum Gasteiger partial charge on any atom is 3.00 e. The van der Waals surface area contributed by atoms with Gasteiger partial charge < -0.3 is 16.4 Å². The molecule has 0 bridgehead atoms. The first-order chi connectivity index (χ1) is 0. The molecule has 1 radical (unpaired) electrons. The van der Waals surface area contributed by atoms with Gasteiger partial charge >= 0.3 is 64.0 Å². The van der Waals surface area contributed by atoms with Crippen molar-refractivity contribution in [2.45, 2.75) is 0 Å². The van der Waals surface area contributed by atoms with Crippen LogP contribution in [0.4, 0.5) is 0 Å². The zero-order chi connectivity index (χ0) is 0. The predicted molar refractivity (Wildman–Crippen MR) is 7.81 cm³/mol. The van der Waals surface area contributed by atoms with Crippen molar-refractivity contribution in [2.75, 3.05) is 0 Å². The van der Waals surface area contributed by atoms with Crippen LogP contribution < -0.4 is 0 Å². The van der Waals surface area contributed by atoms with Crippen LogP contribution in [0.3, 0.4) is 0 Å². The van der Waals surface area contributed by atoms with Crippen molar-refractivity contribution in [3.8, 4) is 0 Å². The van der Waals surface area contributed by atoms with Gasteiger partial charge in [-0.15, -0.1) is 0 Å². The van der Waals surface area contributed by atoms with Crippen LogP contribution in [0.1, 0.15) is 0 Å². The normalized spacial score (nSPS) is 0. The molecule has 0 aromatic heterocycles. The van der Waals surface area contributed by atoms with E-state index < -0.39 is 0 Å². The van der Waals surface area contributed by atoms with Crippen LogP contribution in [0.25, 0.3) is 0 Å². The van der Waals surface area contributed by atoms with Crippen LogP contribution in [-0.2, 0) is 16.4 Å². The van der Waals surface area contributed by atoms with Crippen LogP contribution in [0, 0.1) is 38.2 Å². The van der Waals surface area contributed by atoms with Crippen molar-refractivity contribution >= 4 is 25.8 Å². The third kappa shape index (κ3) is 23.8. The molecule has 0 N–H and O–H groups in total. The van der Waals surface area contributed by atoms with Crippen LogP contribution in [-0.4, -0.2) is 25.8 Å². The monoisotopic (exact) mass is 327 g/mol. The number of rotatable bonds is 0. The van der Waals surface area contributed by atoms with Gasteiger partial charge in [-0.2, -0.15) is 0 Å². The molecule has 0 aromatic rings. The number of hydrogen-bond donors (Lipinski definition) is 0. The van der Waals surface area contributed by atoms with E-state index in [2.05, 4.69) is 0 Å². The van der Waals surface area contributed by atoms with Crippen molar-refractivity contribution in [2.24, 2.45) is 0 Å². The first-order valence-electron chi connectivity index (χ1n) is 0. The fraction of sp³-hybridized carbons (Fsp3) is 0. The molecule has 0 atom stereocenters. The van der Waals surface area contributed by atoms with E-state index in [0.717, 1.165) is 0 Å². The molecule has 0 rings (SSSR count). The summed E-state index contributed by atoms with van der Waals surface area (Å²) in [6.07, 6.45) is 0. The van der Waals surface area contributed by atoms with Crippen molar-refractivity contribution < 1.29 is 54.6 Å². The quantitative estimate of drug-likeness (QED) is 0.562. The smallest absolute Gasteiger partial charge is 2.00 e. The van der Waals surface area contributed by atoms with Gasteiger partial charge in [0, 0.05) is 0 Å². The molecule has 5 heteroatoms. The summed E-state index contributed by atoms with van der Waals surface area (Å²) >= 11 is 0. The molecule has 3 nitrogen and oxygen atoms in total. The first-order valence-corrected chi connectivity index (χ1v) is 0. The van der Waals surface area contributed by atoms with E-state index in [0.29, 0.717) is 0 Å². The maximum absolute atomic E-state index is 0. The van der Waals surface area contributed by atoms with Crippen molar-refractivity contribution in [1.82, 2.24) is 0 Å². The molecule has 5 heavy (non-hydrogen) atoms. The maximum atomic E-state index is 0. The van der Waals surface area contributed by atoms with E-state index >= 15 is 0 Å². The summed E-state index contributed by atoms with van der Waals surface area (Å²) in [5.74, 6) is 0. The molecule has 0 unspecified atom stereocenters. The predicted octanol–water partition coefficient (Wildman–Crippen LogP) is -0.737. The molecule has 0 spiro atoms. The average Bonchev–Trinajstić information content (AvgIpc) is 0. The molecule has 31 valence electrons. The summed E-state index contributed by atoms with van der Waals surface area (Å²) in [5.41, 5.74) is 0. The molecule has 0 aliphatic carbocycles. The fourth-order valence-electron chi connectivity index (χ4n) is 0. The van der Waals surface area contributed by atoms with Gasteiger partial charge in [0.25, 0.3) is 0 Å². The van der Waals surface area contributed by atoms with Gasteiger partial charge in [0.15, 0.2) is 0 Å². The van der Waals surface area contributed by atoms with Crippen molar-refractivity contribution in [1.29, 1.82) is 0 Å². The van der Waals surface area contributed by atoms with Crippen LogP contribution in [0.5, 0.6) is 0 Å². The Balaban J connectivity index is 0. The third-order valence-corrected chi connectivity index (χ3v) is 0. The van der Waals surface area contributed by atoms with Gasteiger partial charge in [0.2, 0.25) is 0 Å². The second-order valence-corrected chi connectivity index (χ2v) is 0. The third-order valence-electron chi connectivity index (χ3n) is 0. The molecular weight excluding hydrogens is 325 g/mol. The minimum atomic E-state index is 0. The summed E-state index contributed by atoms with van der Waals surface area (Å²) in [5, 5.41) is 0. The molecule has 0 fully saturated rings. The van der Waals surface area contributed by atoms with Gasteiger partial charge in [-0.1, -0.05) is 0 Å². The van der Waals surface area contributed by atoms with Crippen molar-refractivity contribution in [3.63, 3.8) is 0 Å². The van der Waals surface area contributed by atoms with Gasteiger partial charge in [-0.25, -0.2) is 0 Å². The molecule has 0 amide bonds. The SMILES string of the molecule is [Dy+3].[In+3].[O-2].[O-2].[O-2]. The van der Waals surface area contributed by atoms with Crippen molar-refractivity contribution in [3.05, 3.63) is 0 Å². The largest absolute Gasteiger partial charge is 3.00 e. The summed E-state index contributed by atoms with van der Waals surface area (Å²) < 4.78 is 0. The minimum absolute atomic E-state index is 0. The van der Waals surface area contributed by atoms with E-state index in [1.165, 1.54) is 0 Å². The van der Waals surface area contributed by atoms with E-state index in [1.54, 1.807) is 0 Å². The summed E-state index contributed by atoms with van der Waals surface area (Å²) in [7, 11) is 0. The summed E-state index contributed by atoms with van der Waals surface area (Å²) in [4.78, 5) is 0. The van der Waals surface area contributed by atoms with E-state index in [1.807, 2.05) is 0 Å². The van der Waals surface area contributed by atoms with Crippen LogP contribution in [0.2, 0.25) is 0 Å². The van der Waals surface area contributed by atoms with Gasteiger partial charge in [-0.05, 0) is 0 Å². The second kappa shape index (κ2) is 37.1. The van der Waals surface area contributed by atoms with E-state index in [9.17, 15) is 0 Å². The van der Waals surface area contributed by atoms with Gasteiger partial charge in [0.1, 0.15) is 0 Å². The molecule has 0 saturated heterocycles. The second-order valence-electron chi connectivity index (χ2n) is 0. The standard InChI is InChI=1S/Dy.In.3O/q2*+3;3*-2. The Morgan fingerprint density at radius 2 is 0.600 bits per heavy atom. The van der Waals surface area contributed by atoms with E-state index in [-0.39, 0.29) is 80.4 Å². The molecular formula is DyInO3. The number of hydrogen-bond acceptors (Lipinski definition) is 0. The molecule has 0 aromatic carbocycles. The molecule has 0 saturated carbocycles. The fourth-order valence-corrected chi connectivity index (χ4v) is 0.